The number of hydrogen-bond acceptors (Lipinski definition) is 5. The Morgan fingerprint density at radius 2 is 2.35 bits per heavy atom. The van der Waals surface area contributed by atoms with E-state index in [1.54, 1.807) is 6.92 Å². The number of esters is 1. The van der Waals surface area contributed by atoms with Crippen molar-refractivity contribution in [3.05, 3.63) is 11.8 Å². The molecule has 1 fully saturated rings. The highest BCUT2D eigenvalue weighted by atomic mass is 32.2. The van der Waals surface area contributed by atoms with Crippen molar-refractivity contribution in [3.63, 3.8) is 0 Å². The normalized spacial score (nSPS) is 15.8. The first-order valence-corrected chi connectivity index (χ1v) is 6.75. The van der Waals surface area contributed by atoms with Crippen LogP contribution in [0, 0.1) is 0 Å². The zero-order chi connectivity index (χ0) is 12.5. The van der Waals surface area contributed by atoms with Crippen LogP contribution in [0.25, 0.3) is 0 Å². The van der Waals surface area contributed by atoms with Gasteiger partial charge in [-0.2, -0.15) is 5.10 Å². The molecule has 17 heavy (non-hydrogen) atoms. The molecule has 94 valence electrons. The van der Waals surface area contributed by atoms with Crippen molar-refractivity contribution in [2.75, 3.05) is 6.61 Å². The van der Waals surface area contributed by atoms with E-state index in [4.69, 9.17) is 4.74 Å². The summed E-state index contributed by atoms with van der Waals surface area (Å²) in [6.45, 7) is 1.83. The van der Waals surface area contributed by atoms with Gasteiger partial charge >= 0.3 is 5.97 Å². The van der Waals surface area contributed by atoms with Gasteiger partial charge in [-0.25, -0.2) is 17.9 Å². The van der Waals surface area contributed by atoms with Crippen LogP contribution in [0.4, 0.5) is 0 Å². The largest absolute Gasteiger partial charge is 0.462 e. The molecule has 0 radical (unpaired) electrons. The number of sulfonamides is 1. The highest BCUT2D eigenvalue weighted by Gasteiger charge is 2.32. The average Bonchev–Trinajstić information content (AvgIpc) is 2.91. The third-order valence-electron chi connectivity index (χ3n) is 2.27. The van der Waals surface area contributed by atoms with Crippen LogP contribution in [-0.4, -0.2) is 37.2 Å². The van der Waals surface area contributed by atoms with Gasteiger partial charge in [0, 0.05) is 6.04 Å². The van der Waals surface area contributed by atoms with Crippen molar-refractivity contribution in [3.8, 4) is 0 Å². The van der Waals surface area contributed by atoms with E-state index in [0.717, 1.165) is 19.0 Å². The Morgan fingerprint density at radius 3 is 2.94 bits per heavy atom. The predicted molar refractivity (Wildman–Crippen MR) is 57.9 cm³/mol. The van der Waals surface area contributed by atoms with Crippen LogP contribution in [0.5, 0.6) is 0 Å². The molecule has 0 saturated heterocycles. The smallest absolute Gasteiger partial charge is 0.342 e. The molecule has 0 unspecified atom stereocenters. The first-order chi connectivity index (χ1) is 8.04. The van der Waals surface area contributed by atoms with E-state index in [0.29, 0.717) is 0 Å². The number of ether oxygens (including phenoxy) is 1. The van der Waals surface area contributed by atoms with Gasteiger partial charge in [-0.3, -0.25) is 5.10 Å². The SMILES string of the molecule is CCOC(=O)c1cn[nH]c1S(=O)(=O)NC1CC1. The second-order valence-electron chi connectivity index (χ2n) is 3.73. The van der Waals surface area contributed by atoms with Crippen molar-refractivity contribution in [1.29, 1.82) is 0 Å². The summed E-state index contributed by atoms with van der Waals surface area (Å²) >= 11 is 0. The average molecular weight is 259 g/mol. The molecule has 0 spiro atoms. The molecule has 0 aromatic carbocycles. The summed E-state index contributed by atoms with van der Waals surface area (Å²) in [6.07, 6.45) is 2.80. The van der Waals surface area contributed by atoms with Gasteiger partial charge in [0.25, 0.3) is 10.0 Å². The third kappa shape index (κ3) is 2.64. The minimum atomic E-state index is -3.72. The summed E-state index contributed by atoms with van der Waals surface area (Å²) < 4.78 is 31.0. The predicted octanol–water partition coefficient (Wildman–Crippen LogP) is 0.0271. The lowest BCUT2D eigenvalue weighted by molar-refractivity contribution is 0.0522. The van der Waals surface area contributed by atoms with Gasteiger partial charge in [-0.15, -0.1) is 0 Å². The first kappa shape index (κ1) is 12.1. The van der Waals surface area contributed by atoms with E-state index in [1.807, 2.05) is 0 Å². The van der Waals surface area contributed by atoms with Crippen LogP contribution < -0.4 is 4.72 Å². The molecule has 1 heterocycles. The molecule has 1 aliphatic carbocycles. The summed E-state index contributed by atoms with van der Waals surface area (Å²) in [4.78, 5) is 11.5. The van der Waals surface area contributed by atoms with Gasteiger partial charge in [0.2, 0.25) is 0 Å². The van der Waals surface area contributed by atoms with E-state index in [1.165, 1.54) is 0 Å². The fourth-order valence-corrected chi connectivity index (χ4v) is 2.70. The molecular weight excluding hydrogens is 246 g/mol. The van der Waals surface area contributed by atoms with Crippen molar-refractivity contribution in [1.82, 2.24) is 14.9 Å². The molecule has 2 N–H and O–H groups in total. The topological polar surface area (TPSA) is 101 Å². The van der Waals surface area contributed by atoms with Crippen LogP contribution in [0.1, 0.15) is 30.1 Å². The number of carbonyl (C=O) groups excluding carboxylic acids is 1. The van der Waals surface area contributed by atoms with Gasteiger partial charge < -0.3 is 4.74 Å². The number of nitrogens with zero attached hydrogens (tertiary/aromatic N) is 1. The Hall–Kier alpha value is -1.41. The number of carbonyl (C=O) groups is 1. The number of nitrogens with one attached hydrogen (secondary N) is 2. The summed E-state index contributed by atoms with van der Waals surface area (Å²) in [6, 6.07) is -0.0293. The molecular formula is C9H13N3O4S. The van der Waals surface area contributed by atoms with E-state index >= 15 is 0 Å². The maximum absolute atomic E-state index is 11.9. The van der Waals surface area contributed by atoms with Crippen LogP contribution in [0.2, 0.25) is 0 Å². The Morgan fingerprint density at radius 1 is 1.65 bits per heavy atom. The molecule has 0 aliphatic heterocycles. The summed E-state index contributed by atoms with van der Waals surface area (Å²) in [5, 5.41) is 5.66. The fraction of sp³-hybridized carbons (Fsp3) is 0.556. The second kappa shape index (κ2) is 4.46. The standard InChI is InChI=1S/C9H13N3O4S/c1-2-16-9(13)7-5-10-11-8(7)17(14,15)12-6-3-4-6/h5-6,12H,2-4H2,1H3,(H,10,11). The van der Waals surface area contributed by atoms with Crippen LogP contribution >= 0.6 is 0 Å². The Labute approximate surface area is 98.6 Å². The maximum Gasteiger partial charge on any atom is 0.342 e. The number of rotatable bonds is 5. The van der Waals surface area contributed by atoms with Gasteiger partial charge in [0.15, 0.2) is 5.03 Å². The highest BCUT2D eigenvalue weighted by Crippen LogP contribution is 2.22. The lowest BCUT2D eigenvalue weighted by Crippen LogP contribution is -2.27. The Kier molecular flexibility index (Phi) is 3.16. The lowest BCUT2D eigenvalue weighted by atomic mass is 10.4. The van der Waals surface area contributed by atoms with Crippen LogP contribution in [-0.2, 0) is 14.8 Å². The number of H-pyrrole nitrogens is 1. The summed E-state index contributed by atoms with van der Waals surface area (Å²) in [5.41, 5.74) is -0.0694. The molecule has 0 atom stereocenters. The molecule has 1 aromatic rings. The molecule has 0 bridgehead atoms. The third-order valence-corrected chi connectivity index (χ3v) is 3.76. The molecule has 1 aromatic heterocycles. The van der Waals surface area contributed by atoms with Gasteiger partial charge in [-0.1, -0.05) is 0 Å². The molecule has 1 aliphatic rings. The minimum absolute atomic E-state index is 0.0293. The van der Waals surface area contributed by atoms with Crippen molar-refractivity contribution in [2.24, 2.45) is 0 Å². The lowest BCUT2D eigenvalue weighted by Gasteiger charge is -2.05. The van der Waals surface area contributed by atoms with E-state index in [-0.39, 0.29) is 23.2 Å². The minimum Gasteiger partial charge on any atom is -0.462 e. The molecule has 2 rings (SSSR count). The van der Waals surface area contributed by atoms with Crippen molar-refractivity contribution >= 4 is 16.0 Å². The summed E-state index contributed by atoms with van der Waals surface area (Å²) in [7, 11) is -3.72. The van der Waals surface area contributed by atoms with Gasteiger partial charge in [0.05, 0.1) is 12.8 Å². The van der Waals surface area contributed by atoms with Gasteiger partial charge in [-0.05, 0) is 19.8 Å². The first-order valence-electron chi connectivity index (χ1n) is 5.27. The Bertz CT molecular complexity index is 518. The van der Waals surface area contributed by atoms with E-state index in [9.17, 15) is 13.2 Å². The zero-order valence-corrected chi connectivity index (χ0v) is 10.1. The fourth-order valence-electron chi connectivity index (χ4n) is 1.31. The van der Waals surface area contributed by atoms with Gasteiger partial charge in [0.1, 0.15) is 5.56 Å². The maximum atomic E-state index is 11.9. The number of aromatic nitrogens is 2. The van der Waals surface area contributed by atoms with E-state index in [2.05, 4.69) is 14.9 Å². The molecule has 1 saturated carbocycles. The van der Waals surface area contributed by atoms with E-state index < -0.39 is 16.0 Å². The van der Waals surface area contributed by atoms with Crippen molar-refractivity contribution < 1.29 is 17.9 Å². The molecule has 0 amide bonds. The molecule has 7 nitrogen and oxygen atoms in total. The zero-order valence-electron chi connectivity index (χ0n) is 9.26. The Balaban J connectivity index is 2.26. The molecule has 8 heteroatoms. The van der Waals surface area contributed by atoms with Crippen LogP contribution in [0.3, 0.4) is 0 Å². The van der Waals surface area contributed by atoms with Crippen molar-refractivity contribution in [2.45, 2.75) is 30.8 Å². The second-order valence-corrected chi connectivity index (χ2v) is 5.38. The monoisotopic (exact) mass is 259 g/mol. The van der Waals surface area contributed by atoms with Crippen LogP contribution in [0.15, 0.2) is 11.2 Å². The number of hydrogen-bond donors (Lipinski definition) is 2. The summed E-state index contributed by atoms with van der Waals surface area (Å²) in [5.74, 6) is -0.697. The number of aromatic amines is 1. The highest BCUT2D eigenvalue weighted by molar-refractivity contribution is 7.89. The quantitative estimate of drug-likeness (QED) is 0.726.